The third-order valence-electron chi connectivity index (χ3n) is 4.56. The normalized spacial score (nSPS) is 21.8. The zero-order valence-corrected chi connectivity index (χ0v) is 13.8. The van der Waals surface area contributed by atoms with Crippen molar-refractivity contribution in [3.63, 3.8) is 0 Å². The average Bonchev–Trinajstić information content (AvgIpc) is 2.49. The molecule has 1 aliphatic carbocycles. The molecule has 136 valence electrons. The molecule has 1 aromatic heterocycles. The van der Waals surface area contributed by atoms with E-state index in [4.69, 9.17) is 0 Å². The van der Waals surface area contributed by atoms with Crippen LogP contribution in [0.1, 0.15) is 51.0 Å². The van der Waals surface area contributed by atoms with E-state index in [9.17, 15) is 22.8 Å². The number of nitrogens with zero attached hydrogens (tertiary/aromatic N) is 1. The van der Waals surface area contributed by atoms with Gasteiger partial charge in [0, 0.05) is 24.3 Å². The van der Waals surface area contributed by atoms with Crippen molar-refractivity contribution in [2.75, 3.05) is 0 Å². The largest absolute Gasteiger partial charge is 0.406 e. The summed E-state index contributed by atoms with van der Waals surface area (Å²) in [6.07, 6.45) is 3.18. The highest BCUT2D eigenvalue weighted by atomic mass is 19.4. The Hall–Kier alpha value is -1.57. The van der Waals surface area contributed by atoms with Crippen LogP contribution in [0.15, 0.2) is 15.8 Å². The predicted octanol–water partition coefficient (Wildman–Crippen LogP) is 2.55. The number of rotatable bonds is 6. The molecule has 1 aliphatic rings. The van der Waals surface area contributed by atoms with Gasteiger partial charge in [0.1, 0.15) is 6.54 Å². The molecule has 0 atom stereocenters. The van der Waals surface area contributed by atoms with Crippen LogP contribution < -0.4 is 16.6 Å². The van der Waals surface area contributed by atoms with Crippen LogP contribution in [-0.4, -0.2) is 21.8 Å². The maximum absolute atomic E-state index is 12.5. The second kappa shape index (κ2) is 8.00. The van der Waals surface area contributed by atoms with Gasteiger partial charge in [0.2, 0.25) is 0 Å². The van der Waals surface area contributed by atoms with Crippen LogP contribution in [0.2, 0.25) is 0 Å². The summed E-state index contributed by atoms with van der Waals surface area (Å²) in [4.78, 5) is 25.2. The third kappa shape index (κ3) is 5.51. The summed E-state index contributed by atoms with van der Waals surface area (Å²) >= 11 is 0. The smallest absolute Gasteiger partial charge is 0.310 e. The van der Waals surface area contributed by atoms with Crippen molar-refractivity contribution < 1.29 is 13.2 Å². The lowest BCUT2D eigenvalue weighted by Crippen LogP contribution is -2.38. The van der Waals surface area contributed by atoms with E-state index in [0.29, 0.717) is 4.57 Å². The van der Waals surface area contributed by atoms with E-state index >= 15 is 0 Å². The first-order valence-electron chi connectivity index (χ1n) is 8.41. The van der Waals surface area contributed by atoms with E-state index in [1.807, 2.05) is 4.98 Å². The summed E-state index contributed by atoms with van der Waals surface area (Å²) in [5.74, 6) is 0.755. The molecule has 0 saturated heterocycles. The molecular formula is C16H24F3N3O2. The standard InChI is InChI=1S/C16H24F3N3O2/c1-2-3-11-4-6-13(7-5-11)20-8-12-9-22(10-16(17,18)19)15(24)21-14(12)23/h9,11,13,20H,2-8,10H2,1H3,(H,21,23,24). The molecule has 0 radical (unpaired) electrons. The van der Waals surface area contributed by atoms with E-state index in [1.54, 1.807) is 0 Å². The molecule has 1 fully saturated rings. The van der Waals surface area contributed by atoms with Gasteiger partial charge in [-0.25, -0.2) is 4.79 Å². The summed E-state index contributed by atoms with van der Waals surface area (Å²) in [7, 11) is 0. The molecule has 0 spiro atoms. The Labute approximate surface area is 138 Å². The van der Waals surface area contributed by atoms with Gasteiger partial charge < -0.3 is 5.32 Å². The van der Waals surface area contributed by atoms with E-state index in [1.165, 1.54) is 12.8 Å². The molecule has 8 heteroatoms. The minimum Gasteiger partial charge on any atom is -0.310 e. The first kappa shape index (κ1) is 18.8. The Morgan fingerprint density at radius 1 is 1.25 bits per heavy atom. The lowest BCUT2D eigenvalue weighted by atomic mass is 9.83. The van der Waals surface area contributed by atoms with Gasteiger partial charge in [-0.15, -0.1) is 0 Å². The molecule has 2 rings (SSSR count). The van der Waals surface area contributed by atoms with Crippen molar-refractivity contribution in [1.82, 2.24) is 14.9 Å². The van der Waals surface area contributed by atoms with Crippen molar-refractivity contribution in [2.45, 2.75) is 70.8 Å². The number of halogens is 3. The maximum Gasteiger partial charge on any atom is 0.406 e. The molecule has 0 amide bonds. The lowest BCUT2D eigenvalue weighted by molar-refractivity contribution is -0.141. The van der Waals surface area contributed by atoms with Gasteiger partial charge in [-0.3, -0.25) is 14.3 Å². The van der Waals surface area contributed by atoms with Crippen LogP contribution in [0.3, 0.4) is 0 Å². The van der Waals surface area contributed by atoms with E-state index in [0.717, 1.165) is 37.8 Å². The molecule has 2 N–H and O–H groups in total. The van der Waals surface area contributed by atoms with E-state index < -0.39 is 24.0 Å². The first-order valence-corrected chi connectivity index (χ1v) is 8.41. The van der Waals surface area contributed by atoms with Gasteiger partial charge in [-0.1, -0.05) is 19.8 Å². The van der Waals surface area contributed by atoms with Crippen molar-refractivity contribution in [3.8, 4) is 0 Å². The highest BCUT2D eigenvalue weighted by molar-refractivity contribution is 5.04. The quantitative estimate of drug-likeness (QED) is 0.831. The minimum atomic E-state index is -4.51. The molecule has 0 bridgehead atoms. The first-order chi connectivity index (χ1) is 11.3. The molecule has 1 heterocycles. The third-order valence-corrected chi connectivity index (χ3v) is 4.56. The number of hydrogen-bond donors (Lipinski definition) is 2. The van der Waals surface area contributed by atoms with E-state index in [-0.39, 0.29) is 18.2 Å². The van der Waals surface area contributed by atoms with Gasteiger partial charge >= 0.3 is 11.9 Å². The van der Waals surface area contributed by atoms with Crippen LogP contribution in [0.4, 0.5) is 13.2 Å². The maximum atomic E-state index is 12.5. The number of hydrogen-bond acceptors (Lipinski definition) is 3. The Balaban J connectivity index is 1.96. The lowest BCUT2D eigenvalue weighted by Gasteiger charge is -2.29. The van der Waals surface area contributed by atoms with E-state index in [2.05, 4.69) is 12.2 Å². The van der Waals surface area contributed by atoms with Crippen LogP contribution in [0.5, 0.6) is 0 Å². The molecule has 5 nitrogen and oxygen atoms in total. The topological polar surface area (TPSA) is 66.9 Å². The van der Waals surface area contributed by atoms with Gasteiger partial charge in [-0.2, -0.15) is 13.2 Å². The molecule has 1 aromatic rings. The number of aromatic amines is 1. The van der Waals surface area contributed by atoms with Crippen LogP contribution in [-0.2, 0) is 13.1 Å². The zero-order chi connectivity index (χ0) is 17.7. The highest BCUT2D eigenvalue weighted by Crippen LogP contribution is 2.27. The molecular weight excluding hydrogens is 323 g/mol. The van der Waals surface area contributed by atoms with Gasteiger partial charge in [-0.05, 0) is 31.6 Å². The summed E-state index contributed by atoms with van der Waals surface area (Å²) in [5.41, 5.74) is -1.53. The van der Waals surface area contributed by atoms with Gasteiger partial charge in [0.15, 0.2) is 0 Å². The zero-order valence-electron chi connectivity index (χ0n) is 13.8. The Morgan fingerprint density at radius 3 is 2.50 bits per heavy atom. The van der Waals surface area contributed by atoms with Crippen molar-refractivity contribution in [3.05, 3.63) is 32.6 Å². The summed E-state index contributed by atoms with van der Waals surface area (Å²) in [6.45, 7) is 0.931. The van der Waals surface area contributed by atoms with Gasteiger partial charge in [0.25, 0.3) is 5.56 Å². The van der Waals surface area contributed by atoms with Crippen molar-refractivity contribution in [1.29, 1.82) is 0 Å². The van der Waals surface area contributed by atoms with Crippen LogP contribution >= 0.6 is 0 Å². The second-order valence-electron chi connectivity index (χ2n) is 6.54. The molecule has 24 heavy (non-hydrogen) atoms. The Bertz CT molecular complexity index is 643. The van der Waals surface area contributed by atoms with Crippen molar-refractivity contribution in [2.24, 2.45) is 5.92 Å². The fourth-order valence-electron chi connectivity index (χ4n) is 3.31. The number of H-pyrrole nitrogens is 1. The van der Waals surface area contributed by atoms with Crippen molar-refractivity contribution >= 4 is 0 Å². The minimum absolute atomic E-state index is 0.148. The van der Waals surface area contributed by atoms with Gasteiger partial charge in [0.05, 0.1) is 0 Å². The monoisotopic (exact) mass is 347 g/mol. The predicted molar refractivity (Wildman–Crippen MR) is 84.9 cm³/mol. The molecule has 0 unspecified atom stereocenters. The Morgan fingerprint density at radius 2 is 1.92 bits per heavy atom. The average molecular weight is 347 g/mol. The van der Waals surface area contributed by atoms with Crippen LogP contribution in [0, 0.1) is 5.92 Å². The summed E-state index contributed by atoms with van der Waals surface area (Å²) < 4.78 is 37.9. The molecule has 1 saturated carbocycles. The SMILES string of the molecule is CCCC1CCC(NCc2cn(CC(F)(F)F)c(=O)[nH]c2=O)CC1. The number of nitrogens with one attached hydrogen (secondary N) is 2. The summed E-state index contributed by atoms with van der Waals surface area (Å²) in [5, 5.41) is 3.23. The summed E-state index contributed by atoms with van der Waals surface area (Å²) in [6, 6.07) is 0.264. The second-order valence-corrected chi connectivity index (χ2v) is 6.54. The molecule has 0 aromatic carbocycles. The highest BCUT2D eigenvalue weighted by Gasteiger charge is 2.29. The number of aromatic nitrogens is 2. The molecule has 0 aliphatic heterocycles. The Kier molecular flexibility index (Phi) is 6.26. The fraction of sp³-hybridized carbons (Fsp3) is 0.750. The number of alkyl halides is 3. The van der Waals surface area contributed by atoms with Crippen LogP contribution in [0.25, 0.3) is 0 Å². The fourth-order valence-corrected chi connectivity index (χ4v) is 3.31.